The maximum Gasteiger partial charge on any atom is 0.297 e. The van der Waals surface area contributed by atoms with Crippen LogP contribution in [-0.2, 0) is 23.8 Å². The van der Waals surface area contributed by atoms with Gasteiger partial charge < -0.3 is 19.7 Å². The van der Waals surface area contributed by atoms with Gasteiger partial charge in [-0.25, -0.2) is 0 Å². The molecule has 33 heavy (non-hydrogen) atoms. The van der Waals surface area contributed by atoms with Crippen molar-refractivity contribution in [1.82, 2.24) is 0 Å². The van der Waals surface area contributed by atoms with Crippen LogP contribution in [0.5, 0.6) is 0 Å². The van der Waals surface area contributed by atoms with E-state index in [0.717, 1.165) is 18.4 Å². The van der Waals surface area contributed by atoms with Crippen LogP contribution in [0.4, 0.5) is 0 Å². The van der Waals surface area contributed by atoms with Crippen LogP contribution in [-0.4, -0.2) is 56.4 Å². The molecule has 2 rings (SSSR count). The predicted molar refractivity (Wildman–Crippen MR) is 127 cm³/mol. The quantitative estimate of drug-likeness (QED) is 0.262. The minimum absolute atomic E-state index is 0.0349. The minimum atomic E-state index is -3.99. The Hall–Kier alpha value is -1.03. The molecular weight excluding hydrogens is 444 g/mol. The number of rotatable bonds is 16. The largest absolute Gasteiger partial charge is 0.390 e. The van der Waals surface area contributed by atoms with Crippen molar-refractivity contribution in [1.29, 1.82) is 0 Å². The number of unbranched alkanes of at least 4 members (excludes halogenated alkanes) is 9. The fourth-order valence-corrected chi connectivity index (χ4v) is 4.81. The second kappa shape index (κ2) is 15.1. The van der Waals surface area contributed by atoms with Crippen LogP contribution >= 0.6 is 0 Å². The Morgan fingerprint density at radius 1 is 0.939 bits per heavy atom. The summed E-state index contributed by atoms with van der Waals surface area (Å²) in [6, 6.07) is 6.30. The summed E-state index contributed by atoms with van der Waals surface area (Å²) >= 11 is 0. The van der Waals surface area contributed by atoms with E-state index < -0.39 is 41.3 Å². The molecule has 0 unspecified atom stereocenters. The molecule has 0 amide bonds. The summed E-state index contributed by atoms with van der Waals surface area (Å²) in [5.74, 6) is 0. The molecule has 8 heteroatoms. The van der Waals surface area contributed by atoms with E-state index in [0.29, 0.717) is 6.61 Å². The van der Waals surface area contributed by atoms with Crippen LogP contribution < -0.4 is 0 Å². The second-order valence-corrected chi connectivity index (χ2v) is 10.6. The summed E-state index contributed by atoms with van der Waals surface area (Å²) in [7, 11) is -3.99. The Bertz CT molecular complexity index is 751. The molecule has 1 fully saturated rings. The van der Waals surface area contributed by atoms with Crippen LogP contribution in [0.1, 0.15) is 83.1 Å². The predicted octanol–water partition coefficient (Wildman–Crippen LogP) is 4.47. The Morgan fingerprint density at radius 2 is 1.52 bits per heavy atom. The van der Waals surface area contributed by atoms with Crippen molar-refractivity contribution in [3.63, 3.8) is 0 Å². The molecule has 0 aliphatic carbocycles. The summed E-state index contributed by atoms with van der Waals surface area (Å²) < 4.78 is 41.3. The average Bonchev–Trinajstić information content (AvgIpc) is 2.79. The molecule has 0 bridgehead atoms. The van der Waals surface area contributed by atoms with Crippen molar-refractivity contribution in [3.8, 4) is 0 Å². The Kier molecular flexibility index (Phi) is 12.9. The fraction of sp³-hybridized carbons (Fsp3) is 0.760. The highest BCUT2D eigenvalue weighted by atomic mass is 32.2. The highest BCUT2D eigenvalue weighted by molar-refractivity contribution is 7.86. The third kappa shape index (κ3) is 10.4. The molecule has 1 heterocycles. The molecule has 2 N–H and O–H groups in total. The number of aliphatic hydroxyl groups is 2. The number of aliphatic hydroxyl groups excluding tert-OH is 2. The first kappa shape index (κ1) is 28.2. The molecule has 1 aromatic carbocycles. The van der Waals surface area contributed by atoms with E-state index in [1.54, 1.807) is 12.1 Å². The van der Waals surface area contributed by atoms with Crippen molar-refractivity contribution in [3.05, 3.63) is 29.8 Å². The smallest absolute Gasteiger partial charge is 0.297 e. The van der Waals surface area contributed by atoms with Gasteiger partial charge in [-0.2, -0.15) is 8.42 Å². The molecule has 7 nitrogen and oxygen atoms in total. The summed E-state index contributed by atoms with van der Waals surface area (Å²) in [6.45, 7) is 4.20. The topological polar surface area (TPSA) is 102 Å². The van der Waals surface area contributed by atoms with E-state index in [9.17, 15) is 18.6 Å². The fourth-order valence-electron chi connectivity index (χ4n) is 3.89. The first-order valence-electron chi connectivity index (χ1n) is 12.4. The van der Waals surface area contributed by atoms with Gasteiger partial charge in [0.1, 0.15) is 12.2 Å². The van der Waals surface area contributed by atoms with Gasteiger partial charge in [0.25, 0.3) is 10.1 Å². The molecule has 1 aliphatic rings. The number of hydrogen-bond acceptors (Lipinski definition) is 7. The highest BCUT2D eigenvalue weighted by Crippen LogP contribution is 2.23. The van der Waals surface area contributed by atoms with Crippen LogP contribution in [0.3, 0.4) is 0 Å². The van der Waals surface area contributed by atoms with Crippen LogP contribution in [0, 0.1) is 6.92 Å². The zero-order chi connectivity index (χ0) is 24.1. The van der Waals surface area contributed by atoms with Gasteiger partial charge in [0.15, 0.2) is 6.29 Å². The summed E-state index contributed by atoms with van der Waals surface area (Å²) in [5, 5.41) is 20.4. The van der Waals surface area contributed by atoms with Gasteiger partial charge in [-0.1, -0.05) is 82.4 Å². The molecule has 1 aliphatic heterocycles. The van der Waals surface area contributed by atoms with Gasteiger partial charge in [-0.15, -0.1) is 0 Å². The normalized spacial score (nSPS) is 23.6. The van der Waals surface area contributed by atoms with Crippen LogP contribution in [0.25, 0.3) is 0 Å². The lowest BCUT2D eigenvalue weighted by atomic mass is 10.0. The molecule has 0 radical (unpaired) electrons. The van der Waals surface area contributed by atoms with Gasteiger partial charge in [0, 0.05) is 13.0 Å². The zero-order valence-electron chi connectivity index (χ0n) is 20.2. The van der Waals surface area contributed by atoms with Crippen LogP contribution in [0.2, 0.25) is 0 Å². The van der Waals surface area contributed by atoms with E-state index in [-0.39, 0.29) is 11.3 Å². The Balaban J connectivity index is 1.66. The molecule has 4 atom stereocenters. The Morgan fingerprint density at radius 3 is 2.12 bits per heavy atom. The van der Waals surface area contributed by atoms with E-state index in [1.165, 1.54) is 63.5 Å². The third-order valence-corrected chi connectivity index (χ3v) is 7.33. The van der Waals surface area contributed by atoms with Gasteiger partial charge in [0.2, 0.25) is 0 Å². The molecule has 0 aromatic heterocycles. The van der Waals surface area contributed by atoms with Crippen molar-refractivity contribution >= 4 is 10.1 Å². The number of benzene rings is 1. The molecule has 1 saturated heterocycles. The number of hydrogen-bond donors (Lipinski definition) is 2. The van der Waals surface area contributed by atoms with E-state index in [2.05, 4.69) is 6.92 Å². The monoisotopic (exact) mass is 486 g/mol. The molecule has 0 saturated carbocycles. The van der Waals surface area contributed by atoms with Crippen molar-refractivity contribution in [2.45, 2.75) is 114 Å². The third-order valence-electron chi connectivity index (χ3n) is 6.03. The highest BCUT2D eigenvalue weighted by Gasteiger charge is 2.38. The SMILES string of the molecule is CCCCCCCCCCCCO[C@H]1C[C@@H](O)[C@H](O)[C@@H](COS(=O)(=O)c2ccc(C)cc2)O1. The van der Waals surface area contributed by atoms with Gasteiger partial charge in [-0.05, 0) is 25.5 Å². The zero-order valence-corrected chi connectivity index (χ0v) is 21.0. The first-order chi connectivity index (χ1) is 15.8. The lowest BCUT2D eigenvalue weighted by Crippen LogP contribution is -2.51. The standard InChI is InChI=1S/C25H42O7S/c1-3-4-5-6-7-8-9-10-11-12-17-30-24-18-22(26)25(27)23(32-24)19-31-33(28,29)21-15-13-20(2)14-16-21/h13-16,22-27H,3-12,17-19H2,1-2H3/t22-,23-,24-,25+/m1/s1. The van der Waals surface area contributed by atoms with E-state index in [1.807, 2.05) is 6.92 Å². The first-order valence-corrected chi connectivity index (χ1v) is 13.8. The lowest BCUT2D eigenvalue weighted by Gasteiger charge is -2.36. The average molecular weight is 487 g/mol. The molecule has 0 spiro atoms. The molecular formula is C25H42O7S. The summed E-state index contributed by atoms with van der Waals surface area (Å²) in [6.07, 6.45) is 8.44. The lowest BCUT2D eigenvalue weighted by molar-refractivity contribution is -0.255. The van der Waals surface area contributed by atoms with Crippen LogP contribution in [0.15, 0.2) is 29.2 Å². The Labute approximate surface area is 199 Å². The molecule has 190 valence electrons. The maximum absolute atomic E-state index is 12.4. The number of aryl methyl sites for hydroxylation is 1. The van der Waals surface area contributed by atoms with Crippen molar-refractivity contribution in [2.75, 3.05) is 13.2 Å². The van der Waals surface area contributed by atoms with Crippen molar-refractivity contribution in [2.24, 2.45) is 0 Å². The minimum Gasteiger partial charge on any atom is -0.390 e. The molecule has 1 aromatic rings. The maximum atomic E-state index is 12.4. The number of ether oxygens (including phenoxy) is 2. The van der Waals surface area contributed by atoms with E-state index >= 15 is 0 Å². The van der Waals surface area contributed by atoms with Gasteiger partial charge >= 0.3 is 0 Å². The van der Waals surface area contributed by atoms with Crippen molar-refractivity contribution < 1.29 is 32.3 Å². The summed E-state index contributed by atoms with van der Waals surface area (Å²) in [5.41, 5.74) is 0.936. The summed E-state index contributed by atoms with van der Waals surface area (Å²) in [4.78, 5) is 0.0349. The van der Waals surface area contributed by atoms with Gasteiger partial charge in [0.05, 0.1) is 17.6 Å². The second-order valence-electron chi connectivity index (χ2n) is 9.00. The van der Waals surface area contributed by atoms with E-state index in [4.69, 9.17) is 13.7 Å². The van der Waals surface area contributed by atoms with Gasteiger partial charge in [-0.3, -0.25) is 4.18 Å².